The Morgan fingerprint density at radius 3 is 2.44 bits per heavy atom. The van der Waals surface area contributed by atoms with Gasteiger partial charge in [-0.05, 0) is 42.8 Å². The molecule has 0 bridgehead atoms. The number of rotatable bonds is 5. The van der Waals surface area contributed by atoms with Crippen molar-refractivity contribution in [3.63, 3.8) is 0 Å². The van der Waals surface area contributed by atoms with Crippen LogP contribution in [0.25, 0.3) is 28.2 Å². The lowest BCUT2D eigenvalue weighted by atomic mass is 10.1. The highest BCUT2D eigenvalue weighted by Crippen LogP contribution is 2.39. The van der Waals surface area contributed by atoms with Gasteiger partial charge in [-0.2, -0.15) is 13.2 Å². The number of halogens is 5. The van der Waals surface area contributed by atoms with E-state index in [1.807, 2.05) is 0 Å². The van der Waals surface area contributed by atoms with Gasteiger partial charge in [-0.3, -0.25) is 9.38 Å². The van der Waals surface area contributed by atoms with Crippen LogP contribution < -0.4 is 4.74 Å². The fourth-order valence-electron chi connectivity index (χ4n) is 3.40. The SMILES string of the molecule is Cc1cc(-c2cn3c(-c4ccc(OC(=O)/C=C/C(=O)O)cc4F)c(C(F)(F)F)nc3cn2)ccc1F. The lowest BCUT2D eigenvalue weighted by Gasteiger charge is -2.11. The van der Waals surface area contributed by atoms with Crippen LogP contribution in [0.15, 0.2) is 60.9 Å². The minimum Gasteiger partial charge on any atom is -0.478 e. The van der Waals surface area contributed by atoms with Crippen molar-refractivity contribution in [2.75, 3.05) is 0 Å². The first-order chi connectivity index (χ1) is 16.9. The first-order valence-corrected chi connectivity index (χ1v) is 10.1. The average molecular weight is 503 g/mol. The molecule has 36 heavy (non-hydrogen) atoms. The zero-order valence-corrected chi connectivity index (χ0v) is 18.2. The minimum atomic E-state index is -4.95. The summed E-state index contributed by atoms with van der Waals surface area (Å²) < 4.78 is 76.0. The molecule has 0 aliphatic carbocycles. The van der Waals surface area contributed by atoms with Crippen LogP contribution in [0.3, 0.4) is 0 Å². The highest BCUT2D eigenvalue weighted by molar-refractivity contribution is 5.91. The van der Waals surface area contributed by atoms with Crippen LogP contribution in [0.5, 0.6) is 5.75 Å². The Hall–Kier alpha value is -4.61. The summed E-state index contributed by atoms with van der Waals surface area (Å²) in [5, 5.41) is 8.53. The van der Waals surface area contributed by atoms with Crippen LogP contribution in [0.2, 0.25) is 0 Å². The van der Waals surface area contributed by atoms with Crippen molar-refractivity contribution >= 4 is 17.6 Å². The minimum absolute atomic E-state index is 0.189. The van der Waals surface area contributed by atoms with Crippen molar-refractivity contribution in [2.24, 2.45) is 0 Å². The highest BCUT2D eigenvalue weighted by Gasteiger charge is 2.39. The number of carboxylic acid groups (broad SMARTS) is 1. The third-order valence-corrected chi connectivity index (χ3v) is 5.01. The molecule has 0 unspecified atom stereocenters. The quantitative estimate of drug-likeness (QED) is 0.174. The van der Waals surface area contributed by atoms with Gasteiger partial charge in [0.1, 0.15) is 17.4 Å². The molecule has 0 saturated heterocycles. The van der Waals surface area contributed by atoms with E-state index in [4.69, 9.17) is 9.84 Å². The van der Waals surface area contributed by atoms with Gasteiger partial charge in [0.25, 0.3) is 0 Å². The van der Waals surface area contributed by atoms with E-state index in [1.165, 1.54) is 31.3 Å². The number of esters is 1. The van der Waals surface area contributed by atoms with E-state index < -0.39 is 46.7 Å². The Kier molecular flexibility index (Phi) is 6.27. The van der Waals surface area contributed by atoms with Crippen LogP contribution in [0.1, 0.15) is 11.3 Å². The molecule has 4 rings (SSSR count). The van der Waals surface area contributed by atoms with E-state index in [1.54, 1.807) is 0 Å². The number of carbonyl (C=O) groups excluding carboxylic acids is 1. The molecule has 0 amide bonds. The number of alkyl halides is 3. The number of aliphatic carboxylic acids is 1. The summed E-state index contributed by atoms with van der Waals surface area (Å²) in [4.78, 5) is 29.8. The zero-order chi connectivity index (χ0) is 26.2. The largest absolute Gasteiger partial charge is 0.478 e. The summed E-state index contributed by atoms with van der Waals surface area (Å²) in [6, 6.07) is 6.77. The summed E-state index contributed by atoms with van der Waals surface area (Å²) in [5.74, 6) is -4.52. The number of aromatic nitrogens is 3. The second-order valence-electron chi connectivity index (χ2n) is 7.51. The normalized spacial score (nSPS) is 11.8. The van der Waals surface area contributed by atoms with Crippen molar-refractivity contribution in [3.8, 4) is 28.3 Å². The molecule has 2 aromatic carbocycles. The number of aryl methyl sites for hydroxylation is 1. The fraction of sp³-hybridized carbons (Fsp3) is 0.0833. The van der Waals surface area contributed by atoms with E-state index in [0.29, 0.717) is 29.3 Å². The number of hydrogen-bond acceptors (Lipinski definition) is 5. The standard InChI is InChI=1S/C24H14F5N3O4/c1-12-8-13(2-5-16(12)25)18-11-32-19(10-30-18)31-23(24(27,28)29)22(32)15-4-3-14(9-17(15)26)36-21(35)7-6-20(33)34/h2-11H,1H3,(H,33,34)/b7-6+. The Morgan fingerprint density at radius 2 is 1.81 bits per heavy atom. The third-order valence-electron chi connectivity index (χ3n) is 5.01. The second kappa shape index (κ2) is 9.21. The molecule has 2 heterocycles. The van der Waals surface area contributed by atoms with Crippen LogP contribution in [-0.4, -0.2) is 31.4 Å². The molecular formula is C24H14F5N3O4. The molecular weight excluding hydrogens is 489 g/mol. The number of hydrogen-bond donors (Lipinski definition) is 1. The van der Waals surface area contributed by atoms with Gasteiger partial charge in [-0.15, -0.1) is 0 Å². The Bertz CT molecular complexity index is 1540. The fourth-order valence-corrected chi connectivity index (χ4v) is 3.40. The van der Waals surface area contributed by atoms with Crippen LogP contribution in [0.4, 0.5) is 22.0 Å². The Labute approximate surface area is 199 Å². The van der Waals surface area contributed by atoms with Gasteiger partial charge < -0.3 is 9.84 Å². The van der Waals surface area contributed by atoms with Crippen molar-refractivity contribution in [2.45, 2.75) is 13.1 Å². The number of ether oxygens (including phenoxy) is 1. The summed E-state index contributed by atoms with van der Waals surface area (Å²) in [5.41, 5.74) is -1.80. The predicted molar refractivity (Wildman–Crippen MR) is 116 cm³/mol. The molecule has 4 aromatic rings. The maximum absolute atomic E-state index is 15.0. The maximum Gasteiger partial charge on any atom is 0.435 e. The molecule has 0 atom stereocenters. The van der Waals surface area contributed by atoms with Gasteiger partial charge in [0.15, 0.2) is 11.3 Å². The van der Waals surface area contributed by atoms with E-state index in [2.05, 4.69) is 9.97 Å². The van der Waals surface area contributed by atoms with Crippen LogP contribution in [0, 0.1) is 18.6 Å². The Morgan fingerprint density at radius 1 is 1.06 bits per heavy atom. The van der Waals surface area contributed by atoms with Crippen LogP contribution >= 0.6 is 0 Å². The number of benzene rings is 2. The van der Waals surface area contributed by atoms with Crippen molar-refractivity contribution in [1.82, 2.24) is 14.4 Å². The maximum atomic E-state index is 15.0. The monoisotopic (exact) mass is 503 g/mol. The number of imidazole rings is 1. The van der Waals surface area contributed by atoms with Gasteiger partial charge in [-0.1, -0.05) is 0 Å². The van der Waals surface area contributed by atoms with Crippen molar-refractivity contribution < 1.29 is 41.4 Å². The summed E-state index contributed by atoms with van der Waals surface area (Å²) in [7, 11) is 0. The predicted octanol–water partition coefficient (Wildman–Crippen LogP) is 5.21. The highest BCUT2D eigenvalue weighted by atomic mass is 19.4. The van der Waals surface area contributed by atoms with Crippen molar-refractivity contribution in [3.05, 3.63) is 83.8 Å². The molecule has 2 aromatic heterocycles. The first kappa shape index (κ1) is 24.5. The van der Waals surface area contributed by atoms with Gasteiger partial charge in [0.05, 0.1) is 17.6 Å². The van der Waals surface area contributed by atoms with Gasteiger partial charge in [0.2, 0.25) is 0 Å². The van der Waals surface area contributed by atoms with Crippen LogP contribution in [-0.2, 0) is 15.8 Å². The van der Waals surface area contributed by atoms with Crippen molar-refractivity contribution in [1.29, 1.82) is 0 Å². The number of fused-ring (bicyclic) bond motifs is 1. The number of nitrogens with zero attached hydrogens (tertiary/aromatic N) is 3. The summed E-state index contributed by atoms with van der Waals surface area (Å²) >= 11 is 0. The molecule has 0 fully saturated rings. The van der Waals surface area contributed by atoms with E-state index in [9.17, 15) is 27.2 Å². The topological polar surface area (TPSA) is 93.8 Å². The molecule has 1 N–H and O–H groups in total. The molecule has 7 nitrogen and oxygen atoms in total. The van der Waals surface area contributed by atoms with Gasteiger partial charge in [0, 0.05) is 35.5 Å². The molecule has 0 saturated carbocycles. The lowest BCUT2D eigenvalue weighted by molar-refractivity contribution is -0.140. The zero-order valence-electron chi connectivity index (χ0n) is 18.2. The third kappa shape index (κ3) is 4.92. The molecule has 184 valence electrons. The smallest absolute Gasteiger partial charge is 0.435 e. The second-order valence-corrected chi connectivity index (χ2v) is 7.51. The molecule has 0 radical (unpaired) electrons. The number of carbonyl (C=O) groups is 2. The average Bonchev–Trinajstić information content (AvgIpc) is 3.19. The summed E-state index contributed by atoms with van der Waals surface area (Å²) in [6.45, 7) is 1.52. The summed E-state index contributed by atoms with van der Waals surface area (Å²) in [6.07, 6.45) is -1.55. The Balaban J connectivity index is 1.83. The van der Waals surface area contributed by atoms with Gasteiger partial charge in [-0.25, -0.2) is 23.4 Å². The van der Waals surface area contributed by atoms with E-state index in [0.717, 1.165) is 22.7 Å². The molecule has 0 aliphatic heterocycles. The molecule has 0 spiro atoms. The molecule has 0 aliphatic rings. The number of carboxylic acids is 1. The lowest BCUT2D eigenvalue weighted by Crippen LogP contribution is -2.09. The first-order valence-electron chi connectivity index (χ1n) is 10.1. The van der Waals surface area contributed by atoms with Gasteiger partial charge >= 0.3 is 18.1 Å². The van der Waals surface area contributed by atoms with E-state index >= 15 is 4.39 Å². The van der Waals surface area contributed by atoms with E-state index in [-0.39, 0.29) is 17.1 Å². The molecule has 12 heteroatoms.